The zero-order chi connectivity index (χ0) is 13.8. The number of hydrogen-bond acceptors (Lipinski definition) is 2. The number of nitrogens with two attached hydrogens (primary N) is 1. The lowest BCUT2D eigenvalue weighted by Gasteiger charge is -2.19. The molecule has 0 saturated carbocycles. The van der Waals surface area contributed by atoms with Crippen molar-refractivity contribution in [2.75, 3.05) is 6.54 Å². The quantitative estimate of drug-likeness (QED) is 0.708. The number of halogens is 3. The Morgan fingerprint density at radius 2 is 1.58 bits per heavy atom. The SMILES string of the molecule is NCC(Oc1ccc(Br)cc1Br)c1ccc(Br)cc1. The van der Waals surface area contributed by atoms with Crippen LogP contribution in [0.5, 0.6) is 5.75 Å². The molecule has 0 aliphatic rings. The topological polar surface area (TPSA) is 35.2 Å². The molecule has 0 aromatic heterocycles. The van der Waals surface area contributed by atoms with E-state index in [1.165, 1.54) is 0 Å². The number of hydrogen-bond donors (Lipinski definition) is 1. The molecule has 0 aliphatic carbocycles. The standard InChI is InChI=1S/C14H12Br3NO/c15-10-3-1-9(2-4-10)14(8-18)19-13-6-5-11(16)7-12(13)17/h1-7,14H,8,18H2. The minimum absolute atomic E-state index is 0.162. The molecule has 1 atom stereocenters. The van der Waals surface area contributed by atoms with Crippen molar-refractivity contribution in [3.05, 3.63) is 61.4 Å². The van der Waals surface area contributed by atoms with Crippen molar-refractivity contribution in [3.63, 3.8) is 0 Å². The van der Waals surface area contributed by atoms with E-state index in [4.69, 9.17) is 10.5 Å². The molecule has 2 nitrogen and oxygen atoms in total. The Bertz CT molecular complexity index is 557. The molecule has 1 unspecified atom stereocenters. The van der Waals surface area contributed by atoms with Gasteiger partial charge in [-0.05, 0) is 51.8 Å². The molecule has 2 N–H and O–H groups in total. The average Bonchev–Trinajstić information content (AvgIpc) is 2.39. The predicted octanol–water partition coefficient (Wildman–Crippen LogP) is 5.05. The van der Waals surface area contributed by atoms with Gasteiger partial charge in [0.15, 0.2) is 0 Å². The molecular formula is C14H12Br3NO. The van der Waals surface area contributed by atoms with Gasteiger partial charge in [-0.2, -0.15) is 0 Å². The highest BCUT2D eigenvalue weighted by Crippen LogP contribution is 2.31. The van der Waals surface area contributed by atoms with E-state index < -0.39 is 0 Å². The van der Waals surface area contributed by atoms with Crippen LogP contribution in [-0.4, -0.2) is 6.54 Å². The minimum atomic E-state index is -0.162. The van der Waals surface area contributed by atoms with Crippen molar-refractivity contribution in [2.24, 2.45) is 5.73 Å². The van der Waals surface area contributed by atoms with Crippen molar-refractivity contribution in [2.45, 2.75) is 6.10 Å². The van der Waals surface area contributed by atoms with E-state index >= 15 is 0 Å². The summed E-state index contributed by atoms with van der Waals surface area (Å²) in [5.74, 6) is 0.779. The highest BCUT2D eigenvalue weighted by molar-refractivity contribution is 9.11. The van der Waals surface area contributed by atoms with Gasteiger partial charge < -0.3 is 10.5 Å². The maximum atomic E-state index is 5.97. The first-order valence-corrected chi connectivity index (χ1v) is 8.05. The van der Waals surface area contributed by atoms with Gasteiger partial charge >= 0.3 is 0 Å². The lowest BCUT2D eigenvalue weighted by atomic mass is 10.1. The van der Waals surface area contributed by atoms with Gasteiger partial charge in [0.1, 0.15) is 11.9 Å². The van der Waals surface area contributed by atoms with Gasteiger partial charge in [-0.1, -0.05) is 44.0 Å². The Labute approximate surface area is 137 Å². The van der Waals surface area contributed by atoms with Gasteiger partial charge in [0.25, 0.3) is 0 Å². The van der Waals surface area contributed by atoms with Crippen LogP contribution >= 0.6 is 47.8 Å². The summed E-state index contributed by atoms with van der Waals surface area (Å²) in [5, 5.41) is 0. The molecule has 0 amide bonds. The number of rotatable bonds is 4. The highest BCUT2D eigenvalue weighted by atomic mass is 79.9. The molecule has 0 bridgehead atoms. The smallest absolute Gasteiger partial charge is 0.136 e. The maximum absolute atomic E-state index is 5.97. The fraction of sp³-hybridized carbons (Fsp3) is 0.143. The van der Waals surface area contributed by atoms with Crippen molar-refractivity contribution in [3.8, 4) is 5.75 Å². The summed E-state index contributed by atoms with van der Waals surface area (Å²) in [7, 11) is 0. The highest BCUT2D eigenvalue weighted by Gasteiger charge is 2.13. The van der Waals surface area contributed by atoms with Gasteiger partial charge in [0.05, 0.1) is 4.47 Å². The third-order valence-corrected chi connectivity index (χ3v) is 4.26. The van der Waals surface area contributed by atoms with E-state index in [9.17, 15) is 0 Å². The van der Waals surface area contributed by atoms with Gasteiger partial charge in [-0.25, -0.2) is 0 Å². The molecule has 0 saturated heterocycles. The molecule has 100 valence electrons. The first kappa shape index (κ1) is 15.0. The monoisotopic (exact) mass is 447 g/mol. The lowest BCUT2D eigenvalue weighted by Crippen LogP contribution is -2.18. The third-order valence-electron chi connectivity index (χ3n) is 2.62. The summed E-state index contributed by atoms with van der Waals surface area (Å²) in [6, 6.07) is 13.8. The molecule has 2 aromatic carbocycles. The van der Waals surface area contributed by atoms with Crippen LogP contribution < -0.4 is 10.5 Å². The second-order valence-corrected chi connectivity index (χ2v) is 6.65. The Balaban J connectivity index is 2.21. The zero-order valence-corrected chi connectivity index (χ0v) is 14.7. The Morgan fingerprint density at radius 1 is 0.947 bits per heavy atom. The Kier molecular flexibility index (Phi) is 5.45. The van der Waals surface area contributed by atoms with Crippen LogP contribution in [0.25, 0.3) is 0 Å². The van der Waals surface area contributed by atoms with E-state index in [2.05, 4.69) is 47.8 Å². The first-order chi connectivity index (χ1) is 9.10. The largest absolute Gasteiger partial charge is 0.483 e. The van der Waals surface area contributed by atoms with Crippen LogP contribution in [0.2, 0.25) is 0 Å². The van der Waals surface area contributed by atoms with E-state index in [1.807, 2.05) is 42.5 Å². The molecule has 0 radical (unpaired) electrons. The average molecular weight is 450 g/mol. The molecule has 5 heteroatoms. The Morgan fingerprint density at radius 3 is 2.16 bits per heavy atom. The summed E-state index contributed by atoms with van der Waals surface area (Å²) in [5.41, 5.74) is 6.87. The third kappa shape index (κ3) is 4.05. The van der Waals surface area contributed by atoms with Crippen LogP contribution in [0.15, 0.2) is 55.9 Å². The van der Waals surface area contributed by atoms with Gasteiger partial charge in [0, 0.05) is 15.5 Å². The van der Waals surface area contributed by atoms with Crippen LogP contribution in [0.1, 0.15) is 11.7 Å². The molecule has 0 heterocycles. The summed E-state index contributed by atoms with van der Waals surface area (Å²) in [6.07, 6.45) is -0.162. The first-order valence-electron chi connectivity index (χ1n) is 5.67. The summed E-state index contributed by atoms with van der Waals surface area (Å²) >= 11 is 10.3. The van der Waals surface area contributed by atoms with Crippen molar-refractivity contribution >= 4 is 47.8 Å². The second-order valence-electron chi connectivity index (χ2n) is 3.97. The van der Waals surface area contributed by atoms with E-state index in [0.29, 0.717) is 6.54 Å². The van der Waals surface area contributed by atoms with E-state index in [0.717, 1.165) is 24.7 Å². The van der Waals surface area contributed by atoms with Crippen LogP contribution in [0, 0.1) is 0 Å². The van der Waals surface area contributed by atoms with Crippen molar-refractivity contribution in [1.82, 2.24) is 0 Å². The van der Waals surface area contributed by atoms with Crippen LogP contribution in [0.4, 0.5) is 0 Å². The molecule has 0 fully saturated rings. The Hall–Kier alpha value is -0.360. The van der Waals surface area contributed by atoms with Crippen LogP contribution in [0.3, 0.4) is 0 Å². The van der Waals surface area contributed by atoms with E-state index in [-0.39, 0.29) is 6.10 Å². The van der Waals surface area contributed by atoms with Crippen molar-refractivity contribution in [1.29, 1.82) is 0 Å². The van der Waals surface area contributed by atoms with Gasteiger partial charge in [0.2, 0.25) is 0 Å². The molecule has 2 rings (SSSR count). The fourth-order valence-corrected chi connectivity index (χ4v) is 3.06. The fourth-order valence-electron chi connectivity index (χ4n) is 1.65. The maximum Gasteiger partial charge on any atom is 0.136 e. The lowest BCUT2D eigenvalue weighted by molar-refractivity contribution is 0.213. The summed E-state index contributed by atoms with van der Waals surface area (Å²) < 4.78 is 8.91. The van der Waals surface area contributed by atoms with Crippen molar-refractivity contribution < 1.29 is 4.74 Å². The summed E-state index contributed by atoms with van der Waals surface area (Å²) in [6.45, 7) is 0.421. The van der Waals surface area contributed by atoms with Crippen LogP contribution in [-0.2, 0) is 0 Å². The van der Waals surface area contributed by atoms with Gasteiger partial charge in [-0.3, -0.25) is 0 Å². The van der Waals surface area contributed by atoms with E-state index in [1.54, 1.807) is 0 Å². The molecule has 2 aromatic rings. The summed E-state index contributed by atoms with van der Waals surface area (Å²) in [4.78, 5) is 0. The number of ether oxygens (including phenoxy) is 1. The minimum Gasteiger partial charge on any atom is -0.483 e. The molecule has 19 heavy (non-hydrogen) atoms. The molecule has 0 aliphatic heterocycles. The van der Waals surface area contributed by atoms with Gasteiger partial charge in [-0.15, -0.1) is 0 Å². The molecule has 0 spiro atoms. The second kappa shape index (κ2) is 6.88. The predicted molar refractivity (Wildman–Crippen MR) is 88.4 cm³/mol. The normalized spacial score (nSPS) is 12.2. The molecular weight excluding hydrogens is 438 g/mol. The zero-order valence-electron chi connectivity index (χ0n) is 9.95. The number of benzene rings is 2.